The van der Waals surface area contributed by atoms with Crippen LogP contribution in [0.2, 0.25) is 0 Å². The number of fused-ring (bicyclic) bond motifs is 2. The van der Waals surface area contributed by atoms with Crippen molar-refractivity contribution in [1.29, 1.82) is 0 Å². The summed E-state index contributed by atoms with van der Waals surface area (Å²) >= 11 is 1.30. The zero-order chi connectivity index (χ0) is 24.5. The summed E-state index contributed by atoms with van der Waals surface area (Å²) in [6.07, 6.45) is 1.86. The quantitative estimate of drug-likeness (QED) is 0.402. The average Bonchev–Trinajstić information content (AvgIpc) is 3.18. The minimum Gasteiger partial charge on any atom is -0.496 e. The first kappa shape index (κ1) is 22.8. The van der Waals surface area contributed by atoms with Crippen LogP contribution in [0, 0.1) is 0 Å². The van der Waals surface area contributed by atoms with Gasteiger partial charge in [-0.25, -0.2) is 9.79 Å². The van der Waals surface area contributed by atoms with Crippen LogP contribution < -0.4 is 19.6 Å². The second-order valence-electron chi connectivity index (χ2n) is 8.12. The van der Waals surface area contributed by atoms with Gasteiger partial charge in [-0.2, -0.15) is 0 Å². The first-order valence-corrected chi connectivity index (χ1v) is 12.2. The Morgan fingerprint density at radius 3 is 2.57 bits per heavy atom. The number of ether oxygens (including phenoxy) is 2. The number of methoxy groups -OCH3 is 1. The molecule has 1 aromatic heterocycles. The van der Waals surface area contributed by atoms with Crippen LogP contribution in [0.4, 0.5) is 0 Å². The number of rotatable bonds is 5. The Bertz CT molecular complexity index is 1650. The Hall–Kier alpha value is -3.97. The van der Waals surface area contributed by atoms with E-state index in [9.17, 15) is 9.59 Å². The van der Waals surface area contributed by atoms with Gasteiger partial charge in [0.2, 0.25) is 0 Å². The van der Waals surface area contributed by atoms with Gasteiger partial charge in [-0.05, 0) is 42.3 Å². The van der Waals surface area contributed by atoms with E-state index in [1.165, 1.54) is 11.3 Å². The van der Waals surface area contributed by atoms with Gasteiger partial charge in [-0.15, -0.1) is 0 Å². The average molecular weight is 485 g/mol. The molecule has 0 fully saturated rings. The van der Waals surface area contributed by atoms with Crippen molar-refractivity contribution in [1.82, 2.24) is 4.57 Å². The maximum Gasteiger partial charge on any atom is 0.338 e. The van der Waals surface area contributed by atoms with Gasteiger partial charge in [0, 0.05) is 5.56 Å². The first-order chi connectivity index (χ1) is 17.0. The number of carbonyl (C=O) groups is 1. The molecule has 5 rings (SSSR count). The molecule has 1 atom stereocenters. The van der Waals surface area contributed by atoms with Crippen LogP contribution in [0.3, 0.4) is 0 Å². The fraction of sp³-hybridized carbons (Fsp3) is 0.179. The molecule has 35 heavy (non-hydrogen) atoms. The Balaban J connectivity index is 1.78. The van der Waals surface area contributed by atoms with Crippen LogP contribution >= 0.6 is 11.3 Å². The van der Waals surface area contributed by atoms with Crippen LogP contribution in [0.15, 0.2) is 87.8 Å². The van der Waals surface area contributed by atoms with Crippen molar-refractivity contribution < 1.29 is 14.3 Å². The lowest BCUT2D eigenvalue weighted by Crippen LogP contribution is -2.39. The number of carbonyl (C=O) groups excluding carboxylic acids is 1. The lowest BCUT2D eigenvalue weighted by atomic mass is 9.96. The summed E-state index contributed by atoms with van der Waals surface area (Å²) < 4.78 is 13.1. The van der Waals surface area contributed by atoms with Crippen LogP contribution in [-0.2, 0) is 9.53 Å². The third kappa shape index (κ3) is 3.98. The van der Waals surface area contributed by atoms with Crippen molar-refractivity contribution in [2.45, 2.75) is 19.9 Å². The number of nitrogens with zero attached hydrogens (tertiary/aromatic N) is 2. The van der Waals surface area contributed by atoms with Crippen LogP contribution in [0.5, 0.6) is 5.75 Å². The zero-order valence-corrected chi connectivity index (χ0v) is 20.5. The van der Waals surface area contributed by atoms with E-state index in [1.807, 2.05) is 72.8 Å². The maximum atomic E-state index is 13.8. The normalized spacial score (nSPS) is 15.6. The molecule has 176 valence electrons. The third-order valence-corrected chi connectivity index (χ3v) is 7.04. The predicted octanol–water partition coefficient (Wildman–Crippen LogP) is 3.96. The lowest BCUT2D eigenvalue weighted by molar-refractivity contribution is -0.139. The van der Waals surface area contributed by atoms with E-state index in [0.717, 1.165) is 21.9 Å². The Labute approximate surface area is 206 Å². The van der Waals surface area contributed by atoms with E-state index in [-0.39, 0.29) is 12.2 Å². The largest absolute Gasteiger partial charge is 0.496 e. The van der Waals surface area contributed by atoms with E-state index in [0.29, 0.717) is 26.4 Å². The molecule has 0 N–H and O–H groups in total. The van der Waals surface area contributed by atoms with Gasteiger partial charge in [0.05, 0.1) is 35.6 Å². The molecule has 0 radical (unpaired) electrons. The number of esters is 1. The molecule has 1 aliphatic heterocycles. The van der Waals surface area contributed by atoms with Crippen molar-refractivity contribution in [2.75, 3.05) is 13.7 Å². The lowest BCUT2D eigenvalue weighted by Gasteiger charge is -2.24. The van der Waals surface area contributed by atoms with Crippen LogP contribution in [-0.4, -0.2) is 24.3 Å². The fourth-order valence-electron chi connectivity index (χ4n) is 4.48. The molecule has 0 spiro atoms. The molecule has 0 saturated carbocycles. The highest BCUT2D eigenvalue weighted by Gasteiger charge is 2.33. The zero-order valence-electron chi connectivity index (χ0n) is 19.6. The highest BCUT2D eigenvalue weighted by Crippen LogP contribution is 2.31. The van der Waals surface area contributed by atoms with Crippen molar-refractivity contribution in [3.8, 4) is 5.75 Å². The molecule has 0 bridgehead atoms. The molecule has 0 saturated heterocycles. The number of hydrogen-bond donors (Lipinski definition) is 0. The smallest absolute Gasteiger partial charge is 0.338 e. The Morgan fingerprint density at radius 1 is 1.09 bits per heavy atom. The number of thiazole rings is 1. The number of allylic oxidation sites excluding steroid dienone is 1. The monoisotopic (exact) mass is 484 g/mol. The highest BCUT2D eigenvalue weighted by molar-refractivity contribution is 7.07. The standard InChI is InChI=1S/C28H24N2O4S/c1-4-34-27(32)24-17(2)29-28-30(25(24)19-11-6-5-7-12-19)26(31)23(35-28)16-21-20-13-9-8-10-18(20)14-15-22(21)33-3/h5-16,25H,4H2,1-3H3/b23-16-. The van der Waals surface area contributed by atoms with Gasteiger partial charge in [-0.3, -0.25) is 9.36 Å². The van der Waals surface area contributed by atoms with Crippen molar-refractivity contribution in [3.05, 3.63) is 109 Å². The Morgan fingerprint density at radius 2 is 1.83 bits per heavy atom. The maximum absolute atomic E-state index is 13.8. The second kappa shape index (κ2) is 9.35. The third-order valence-electron chi connectivity index (χ3n) is 6.06. The molecular weight excluding hydrogens is 460 g/mol. The van der Waals surface area contributed by atoms with Crippen molar-refractivity contribution in [2.24, 2.45) is 4.99 Å². The summed E-state index contributed by atoms with van der Waals surface area (Å²) in [4.78, 5) is 32.0. The van der Waals surface area contributed by atoms with Crippen molar-refractivity contribution in [3.63, 3.8) is 0 Å². The molecule has 1 unspecified atom stereocenters. The van der Waals surface area contributed by atoms with E-state index >= 15 is 0 Å². The molecule has 3 aromatic carbocycles. The summed E-state index contributed by atoms with van der Waals surface area (Å²) in [6.45, 7) is 3.79. The van der Waals surface area contributed by atoms with Gasteiger partial charge in [0.1, 0.15) is 5.75 Å². The first-order valence-electron chi connectivity index (χ1n) is 11.3. The van der Waals surface area contributed by atoms with E-state index in [1.54, 1.807) is 25.5 Å². The van der Waals surface area contributed by atoms with Gasteiger partial charge < -0.3 is 9.47 Å². The summed E-state index contributed by atoms with van der Waals surface area (Å²) in [5.74, 6) is 0.213. The highest BCUT2D eigenvalue weighted by atomic mass is 32.1. The van der Waals surface area contributed by atoms with Gasteiger partial charge >= 0.3 is 5.97 Å². The summed E-state index contributed by atoms with van der Waals surface area (Å²) in [5.41, 5.74) is 2.35. The molecule has 7 heteroatoms. The van der Waals surface area contributed by atoms with Gasteiger partial charge in [0.15, 0.2) is 4.80 Å². The molecular formula is C28H24N2O4S. The van der Waals surface area contributed by atoms with Crippen LogP contribution in [0.25, 0.3) is 16.8 Å². The van der Waals surface area contributed by atoms with E-state index in [4.69, 9.17) is 9.47 Å². The molecule has 2 heterocycles. The molecule has 1 aliphatic rings. The number of benzene rings is 3. The fourth-order valence-corrected chi connectivity index (χ4v) is 5.50. The molecule has 0 amide bonds. The number of hydrogen-bond acceptors (Lipinski definition) is 6. The SMILES string of the molecule is CCOC(=O)C1=C(C)N=c2s/c(=C\c3c(OC)ccc4ccccc34)c(=O)n2C1c1ccccc1. The molecule has 0 aliphatic carbocycles. The summed E-state index contributed by atoms with van der Waals surface area (Å²) in [7, 11) is 1.62. The minimum absolute atomic E-state index is 0.216. The topological polar surface area (TPSA) is 69.9 Å². The second-order valence-corrected chi connectivity index (χ2v) is 9.12. The number of aromatic nitrogens is 1. The minimum atomic E-state index is -0.622. The predicted molar refractivity (Wildman–Crippen MR) is 137 cm³/mol. The van der Waals surface area contributed by atoms with Gasteiger partial charge in [-0.1, -0.05) is 72.0 Å². The summed E-state index contributed by atoms with van der Waals surface area (Å²) in [6, 6.07) is 20.8. The molecule has 4 aromatic rings. The van der Waals surface area contributed by atoms with Crippen molar-refractivity contribution >= 4 is 34.2 Å². The van der Waals surface area contributed by atoms with E-state index in [2.05, 4.69) is 4.99 Å². The Kier molecular flexibility index (Phi) is 6.09. The molecule has 6 nitrogen and oxygen atoms in total. The van der Waals surface area contributed by atoms with Crippen LogP contribution in [0.1, 0.15) is 31.0 Å². The van der Waals surface area contributed by atoms with Gasteiger partial charge in [0.25, 0.3) is 5.56 Å². The van der Waals surface area contributed by atoms with E-state index < -0.39 is 12.0 Å². The summed E-state index contributed by atoms with van der Waals surface area (Å²) in [5, 5.41) is 2.04.